The summed E-state index contributed by atoms with van der Waals surface area (Å²) in [5, 5.41) is 0. The second-order valence-electron chi connectivity index (χ2n) is 3.14. The Morgan fingerprint density at radius 2 is 0.786 bits per heavy atom. The van der Waals surface area contributed by atoms with E-state index in [9.17, 15) is 0 Å². The van der Waals surface area contributed by atoms with E-state index in [1.165, 1.54) is 0 Å². The maximum absolute atomic E-state index is 5.59. The van der Waals surface area contributed by atoms with Gasteiger partial charge < -0.3 is 0 Å². The molecule has 0 N–H and O–H groups in total. The third kappa shape index (κ3) is 13.7. The van der Waals surface area contributed by atoms with Gasteiger partial charge in [-0.05, 0) is 25.7 Å². The number of hydrogen-bond donors (Lipinski definition) is 0. The van der Waals surface area contributed by atoms with E-state index in [1.54, 1.807) is 0 Å². The molecule has 0 fully saturated rings. The molecule has 6 heteroatoms. The third-order valence-corrected chi connectivity index (χ3v) is 2.80. The molecular weight excluding hydrogens is 309 g/mol. The van der Waals surface area contributed by atoms with Gasteiger partial charge in [-0.1, -0.05) is 82.4 Å². The Hall–Kier alpha value is 1.74. The molecule has 0 spiro atoms. The summed E-state index contributed by atoms with van der Waals surface area (Å²) in [7, 11) is 0. The molecule has 0 rings (SSSR count). The summed E-state index contributed by atoms with van der Waals surface area (Å²) in [5.41, 5.74) is 0. The Balaban J connectivity index is 3.23. The van der Waals surface area contributed by atoms with Crippen molar-refractivity contribution in [3.63, 3.8) is 0 Å². The Bertz CT molecular complexity index is 127. The lowest BCUT2D eigenvalue weighted by atomic mass is 10.1. The molecular formula is C8H12Cl6. The van der Waals surface area contributed by atoms with Crippen molar-refractivity contribution in [2.75, 3.05) is 0 Å². The van der Waals surface area contributed by atoms with E-state index in [-0.39, 0.29) is 0 Å². The molecule has 0 aliphatic rings. The second kappa shape index (κ2) is 7.14. The first-order valence-electron chi connectivity index (χ1n) is 4.34. The molecule has 0 aromatic carbocycles. The highest BCUT2D eigenvalue weighted by Crippen LogP contribution is 2.34. The normalized spacial score (nSPS) is 13.3. The molecule has 0 bridgehead atoms. The van der Waals surface area contributed by atoms with Crippen LogP contribution < -0.4 is 0 Å². The number of unbranched alkanes of at least 4 members (excludes halogenated alkanes) is 3. The van der Waals surface area contributed by atoms with E-state index in [0.29, 0.717) is 12.8 Å². The third-order valence-electron chi connectivity index (χ3n) is 1.67. The predicted octanol–water partition coefficient (Wildman–Crippen LogP) is 6.07. The molecule has 0 aromatic heterocycles. The van der Waals surface area contributed by atoms with Gasteiger partial charge in [0.15, 0.2) is 7.59 Å². The van der Waals surface area contributed by atoms with E-state index in [1.807, 2.05) is 0 Å². The van der Waals surface area contributed by atoms with Crippen LogP contribution in [-0.4, -0.2) is 7.59 Å². The first kappa shape index (κ1) is 15.7. The first-order valence-corrected chi connectivity index (χ1v) is 6.61. The van der Waals surface area contributed by atoms with Crippen molar-refractivity contribution in [1.29, 1.82) is 0 Å². The van der Waals surface area contributed by atoms with Crippen LogP contribution in [0.15, 0.2) is 0 Å². The number of rotatable bonds is 5. The summed E-state index contributed by atoms with van der Waals surface area (Å²) in [6, 6.07) is 0. The molecule has 0 aliphatic heterocycles. The molecule has 14 heavy (non-hydrogen) atoms. The van der Waals surface area contributed by atoms with Crippen molar-refractivity contribution in [1.82, 2.24) is 0 Å². The second-order valence-corrected chi connectivity index (χ2v) is 8.18. The topological polar surface area (TPSA) is 0 Å². The molecule has 0 heterocycles. The number of alkyl halides is 6. The van der Waals surface area contributed by atoms with Crippen LogP contribution in [0.4, 0.5) is 0 Å². The van der Waals surface area contributed by atoms with Gasteiger partial charge in [-0.15, -0.1) is 0 Å². The average Bonchev–Trinajstić information content (AvgIpc) is 1.92. The van der Waals surface area contributed by atoms with Crippen molar-refractivity contribution >= 4 is 69.6 Å². The molecule has 0 amide bonds. The highest BCUT2D eigenvalue weighted by molar-refractivity contribution is 6.67. The van der Waals surface area contributed by atoms with E-state index < -0.39 is 7.59 Å². The first-order chi connectivity index (χ1) is 6.21. The molecule has 0 aromatic rings. The monoisotopic (exact) mass is 318 g/mol. The lowest BCUT2D eigenvalue weighted by molar-refractivity contribution is 0.602. The minimum absolute atomic E-state index is 0.575. The zero-order chi connectivity index (χ0) is 11.2. The fraction of sp³-hybridized carbons (Fsp3) is 1.00. The van der Waals surface area contributed by atoms with Crippen LogP contribution in [0.3, 0.4) is 0 Å². The van der Waals surface area contributed by atoms with Gasteiger partial charge in [-0.2, -0.15) is 0 Å². The van der Waals surface area contributed by atoms with Crippen LogP contribution >= 0.6 is 69.6 Å². The lowest BCUT2D eigenvalue weighted by Crippen LogP contribution is -2.02. The van der Waals surface area contributed by atoms with Crippen molar-refractivity contribution in [2.45, 2.75) is 46.1 Å². The van der Waals surface area contributed by atoms with E-state index >= 15 is 0 Å². The standard InChI is InChI=1S/C8H12Cl6/c9-7(10,11)5-3-1-2-4-6-8(12,13)14/h1-6H2. The van der Waals surface area contributed by atoms with Crippen LogP contribution in [0.5, 0.6) is 0 Å². The van der Waals surface area contributed by atoms with Gasteiger partial charge in [0, 0.05) is 0 Å². The molecule has 0 saturated carbocycles. The van der Waals surface area contributed by atoms with E-state index in [0.717, 1.165) is 25.7 Å². The van der Waals surface area contributed by atoms with Crippen LogP contribution in [0.1, 0.15) is 38.5 Å². The molecule has 86 valence electrons. The number of hydrogen-bond acceptors (Lipinski definition) is 0. The summed E-state index contributed by atoms with van der Waals surface area (Å²) in [6.45, 7) is 0. The van der Waals surface area contributed by atoms with Gasteiger partial charge in [-0.3, -0.25) is 0 Å². The van der Waals surface area contributed by atoms with Gasteiger partial charge in [-0.25, -0.2) is 0 Å². The molecule has 0 atom stereocenters. The van der Waals surface area contributed by atoms with Crippen LogP contribution in [0.25, 0.3) is 0 Å². The van der Waals surface area contributed by atoms with Crippen molar-refractivity contribution in [3.8, 4) is 0 Å². The summed E-state index contributed by atoms with van der Waals surface area (Å²) in [6.07, 6.45) is 4.91. The Morgan fingerprint density at radius 1 is 0.500 bits per heavy atom. The highest BCUT2D eigenvalue weighted by Gasteiger charge is 2.19. The number of halogens is 6. The quantitative estimate of drug-likeness (QED) is 0.426. The Labute approximate surface area is 115 Å². The zero-order valence-electron chi connectivity index (χ0n) is 7.51. The fourth-order valence-corrected chi connectivity index (χ4v) is 1.81. The molecule has 0 nitrogen and oxygen atoms in total. The zero-order valence-corrected chi connectivity index (χ0v) is 12.0. The molecule has 0 radical (unpaired) electrons. The highest BCUT2D eigenvalue weighted by atomic mass is 35.6. The van der Waals surface area contributed by atoms with Gasteiger partial charge in [0.25, 0.3) is 0 Å². The molecule has 0 saturated heterocycles. The van der Waals surface area contributed by atoms with Crippen molar-refractivity contribution in [2.24, 2.45) is 0 Å². The van der Waals surface area contributed by atoms with Crippen LogP contribution in [0.2, 0.25) is 0 Å². The maximum atomic E-state index is 5.59. The maximum Gasteiger partial charge on any atom is 0.190 e. The minimum atomic E-state index is -1.13. The summed E-state index contributed by atoms with van der Waals surface area (Å²) in [5.74, 6) is 0. The van der Waals surface area contributed by atoms with Gasteiger partial charge >= 0.3 is 0 Å². The molecule has 0 unspecified atom stereocenters. The van der Waals surface area contributed by atoms with Gasteiger partial charge in [0.05, 0.1) is 0 Å². The summed E-state index contributed by atoms with van der Waals surface area (Å²) in [4.78, 5) is 0. The summed E-state index contributed by atoms with van der Waals surface area (Å²) >= 11 is 33.5. The summed E-state index contributed by atoms with van der Waals surface area (Å²) < 4.78 is -2.26. The van der Waals surface area contributed by atoms with E-state index in [2.05, 4.69) is 0 Å². The van der Waals surface area contributed by atoms with Gasteiger partial charge in [0.1, 0.15) is 0 Å². The van der Waals surface area contributed by atoms with Crippen molar-refractivity contribution in [3.05, 3.63) is 0 Å². The Morgan fingerprint density at radius 3 is 1.00 bits per heavy atom. The SMILES string of the molecule is ClC(Cl)(Cl)CCCCCCC(Cl)(Cl)Cl. The predicted molar refractivity (Wildman–Crippen MR) is 68.3 cm³/mol. The molecule has 0 aliphatic carbocycles. The van der Waals surface area contributed by atoms with Crippen molar-refractivity contribution < 1.29 is 0 Å². The van der Waals surface area contributed by atoms with E-state index in [4.69, 9.17) is 69.6 Å². The smallest absolute Gasteiger partial charge is 0.0837 e. The lowest BCUT2D eigenvalue weighted by Gasteiger charge is -2.11. The minimum Gasteiger partial charge on any atom is -0.0837 e. The largest absolute Gasteiger partial charge is 0.190 e. The Kier molecular flexibility index (Phi) is 8.03. The average molecular weight is 321 g/mol. The van der Waals surface area contributed by atoms with Crippen LogP contribution in [0, 0.1) is 0 Å². The van der Waals surface area contributed by atoms with Gasteiger partial charge in [0.2, 0.25) is 0 Å². The fourth-order valence-electron chi connectivity index (χ4n) is 1.00. The van der Waals surface area contributed by atoms with Crippen LogP contribution in [-0.2, 0) is 0 Å².